The molecule has 9 heteroatoms. The van der Waals surface area contributed by atoms with Crippen molar-refractivity contribution in [1.82, 2.24) is 14.4 Å². The highest BCUT2D eigenvalue weighted by molar-refractivity contribution is 8.18. The molecule has 0 aliphatic carbocycles. The van der Waals surface area contributed by atoms with Gasteiger partial charge in [-0.2, -0.15) is 0 Å². The van der Waals surface area contributed by atoms with E-state index >= 15 is 0 Å². The molecule has 190 valence electrons. The smallest absolute Gasteiger partial charge is 0.338 e. The Morgan fingerprint density at radius 1 is 1.08 bits per heavy atom. The van der Waals surface area contributed by atoms with E-state index in [0.29, 0.717) is 30.2 Å². The zero-order valence-corrected chi connectivity index (χ0v) is 21.7. The van der Waals surface area contributed by atoms with Crippen molar-refractivity contribution in [2.75, 3.05) is 26.2 Å². The van der Waals surface area contributed by atoms with Crippen LogP contribution in [0.3, 0.4) is 0 Å². The van der Waals surface area contributed by atoms with Gasteiger partial charge in [0.2, 0.25) is 5.91 Å². The van der Waals surface area contributed by atoms with E-state index in [1.807, 2.05) is 43.5 Å². The maximum absolute atomic E-state index is 12.9. The molecule has 1 aromatic heterocycles. The maximum Gasteiger partial charge on any atom is 0.338 e. The first-order chi connectivity index (χ1) is 17.3. The largest absolute Gasteiger partial charge is 0.462 e. The summed E-state index contributed by atoms with van der Waals surface area (Å²) in [5.41, 5.74) is 4.02. The topological polar surface area (TPSA) is 88.9 Å². The molecule has 0 N–H and O–H groups in total. The number of carbonyl (C=O) groups excluding carboxylic acids is 4. The quantitative estimate of drug-likeness (QED) is 0.291. The Kier molecular flexibility index (Phi) is 7.98. The molecule has 2 fully saturated rings. The summed E-state index contributed by atoms with van der Waals surface area (Å²) in [4.78, 5) is 53.1. The molecule has 0 spiro atoms. The second-order valence-corrected chi connectivity index (χ2v) is 10.0. The molecule has 4 rings (SSSR count). The van der Waals surface area contributed by atoms with Crippen molar-refractivity contribution in [2.45, 2.75) is 46.5 Å². The number of aryl methyl sites for hydroxylation is 1. The molecule has 3 amide bonds. The summed E-state index contributed by atoms with van der Waals surface area (Å²) in [6.45, 7) is 7.49. The van der Waals surface area contributed by atoms with Crippen LogP contribution in [0.2, 0.25) is 0 Å². The number of rotatable bonds is 8. The number of imide groups is 1. The van der Waals surface area contributed by atoms with Crippen molar-refractivity contribution in [3.8, 4) is 5.69 Å². The van der Waals surface area contributed by atoms with Crippen molar-refractivity contribution in [1.29, 1.82) is 0 Å². The molecule has 0 bridgehead atoms. The third kappa shape index (κ3) is 5.41. The lowest BCUT2D eigenvalue weighted by Gasteiger charge is -2.18. The van der Waals surface area contributed by atoms with Crippen molar-refractivity contribution in [3.63, 3.8) is 0 Å². The normalized spacial score (nSPS) is 16.9. The van der Waals surface area contributed by atoms with Gasteiger partial charge in [-0.1, -0.05) is 13.3 Å². The number of benzene rings is 1. The van der Waals surface area contributed by atoms with Crippen LogP contribution in [0.4, 0.5) is 4.79 Å². The highest BCUT2D eigenvalue weighted by Gasteiger charge is 2.37. The predicted molar refractivity (Wildman–Crippen MR) is 139 cm³/mol. The number of unbranched alkanes of at least 4 members (excludes halogenated alkanes) is 1. The van der Waals surface area contributed by atoms with Gasteiger partial charge in [0.1, 0.15) is 6.54 Å². The van der Waals surface area contributed by atoms with Crippen LogP contribution in [0, 0.1) is 13.8 Å². The van der Waals surface area contributed by atoms with Gasteiger partial charge in [-0.3, -0.25) is 19.3 Å². The summed E-state index contributed by atoms with van der Waals surface area (Å²) in [5.74, 6) is -0.962. The van der Waals surface area contributed by atoms with E-state index in [-0.39, 0.29) is 18.4 Å². The SMILES string of the molecule is CCCCOC(=O)c1ccc(-n2c(C)cc(/C=C3\SC(=O)N(CC(=O)N4CCCC4)C3=O)c2C)cc1. The highest BCUT2D eigenvalue weighted by atomic mass is 32.2. The predicted octanol–water partition coefficient (Wildman–Crippen LogP) is 4.71. The second-order valence-electron chi connectivity index (χ2n) is 9.05. The number of hydrogen-bond donors (Lipinski definition) is 0. The van der Waals surface area contributed by atoms with E-state index < -0.39 is 11.1 Å². The summed E-state index contributed by atoms with van der Waals surface area (Å²) in [7, 11) is 0. The molecular formula is C27H31N3O5S. The number of thioether (sulfide) groups is 1. The molecule has 1 aromatic carbocycles. The Morgan fingerprint density at radius 2 is 1.78 bits per heavy atom. The number of ether oxygens (including phenoxy) is 1. The van der Waals surface area contributed by atoms with Gasteiger partial charge in [0.15, 0.2) is 0 Å². The first-order valence-electron chi connectivity index (χ1n) is 12.3. The number of amides is 3. The van der Waals surface area contributed by atoms with Crippen molar-refractivity contribution in [2.24, 2.45) is 0 Å². The van der Waals surface area contributed by atoms with Gasteiger partial charge in [0, 0.05) is 30.2 Å². The second kappa shape index (κ2) is 11.2. The van der Waals surface area contributed by atoms with Gasteiger partial charge in [-0.05, 0) is 86.8 Å². The van der Waals surface area contributed by atoms with E-state index in [1.165, 1.54) is 0 Å². The zero-order valence-electron chi connectivity index (χ0n) is 20.9. The van der Waals surface area contributed by atoms with E-state index in [2.05, 4.69) is 0 Å². The summed E-state index contributed by atoms with van der Waals surface area (Å²) >= 11 is 0.861. The average Bonchev–Trinajstić information content (AvgIpc) is 3.56. The van der Waals surface area contributed by atoms with Crippen LogP contribution in [0.25, 0.3) is 11.8 Å². The Morgan fingerprint density at radius 3 is 2.44 bits per heavy atom. The number of carbonyl (C=O) groups is 4. The Balaban J connectivity index is 1.50. The lowest BCUT2D eigenvalue weighted by Crippen LogP contribution is -2.40. The van der Waals surface area contributed by atoms with Crippen LogP contribution in [0.5, 0.6) is 0 Å². The summed E-state index contributed by atoms with van der Waals surface area (Å²) in [6, 6.07) is 9.15. The van der Waals surface area contributed by atoms with E-state index in [4.69, 9.17) is 4.74 Å². The molecule has 2 aromatic rings. The van der Waals surface area contributed by atoms with Crippen LogP contribution in [-0.4, -0.2) is 63.6 Å². The van der Waals surface area contributed by atoms with Gasteiger partial charge in [-0.15, -0.1) is 0 Å². The fraction of sp³-hybridized carbons (Fsp3) is 0.407. The van der Waals surface area contributed by atoms with Crippen molar-refractivity contribution < 1.29 is 23.9 Å². The Bertz CT molecular complexity index is 1210. The molecule has 0 unspecified atom stereocenters. The fourth-order valence-electron chi connectivity index (χ4n) is 4.45. The third-order valence-electron chi connectivity index (χ3n) is 6.47. The molecule has 0 radical (unpaired) electrons. The summed E-state index contributed by atoms with van der Waals surface area (Å²) in [5, 5.41) is -0.422. The summed E-state index contributed by atoms with van der Waals surface area (Å²) in [6.07, 6.45) is 5.42. The lowest BCUT2D eigenvalue weighted by molar-refractivity contribution is -0.135. The minimum atomic E-state index is -0.437. The van der Waals surface area contributed by atoms with Crippen LogP contribution in [0.15, 0.2) is 35.2 Å². The third-order valence-corrected chi connectivity index (χ3v) is 7.38. The first-order valence-corrected chi connectivity index (χ1v) is 13.1. The molecule has 2 aliphatic heterocycles. The molecule has 36 heavy (non-hydrogen) atoms. The van der Waals surface area contributed by atoms with Crippen LogP contribution in [-0.2, 0) is 14.3 Å². The summed E-state index contributed by atoms with van der Waals surface area (Å²) < 4.78 is 7.30. The number of likely N-dealkylation sites (tertiary alicyclic amines) is 1. The monoisotopic (exact) mass is 509 g/mol. The number of hydrogen-bond acceptors (Lipinski definition) is 6. The van der Waals surface area contributed by atoms with E-state index in [0.717, 1.165) is 65.0 Å². The molecule has 2 aliphatic rings. The number of nitrogens with zero attached hydrogens (tertiary/aromatic N) is 3. The first kappa shape index (κ1) is 25.8. The lowest BCUT2D eigenvalue weighted by atomic mass is 10.2. The number of aromatic nitrogens is 1. The van der Waals surface area contributed by atoms with Gasteiger partial charge < -0.3 is 14.2 Å². The number of esters is 1. The van der Waals surface area contributed by atoms with Crippen LogP contribution in [0.1, 0.15) is 59.9 Å². The highest BCUT2D eigenvalue weighted by Crippen LogP contribution is 2.34. The molecular weight excluding hydrogens is 478 g/mol. The standard InChI is InChI=1S/C27H31N3O5S/c1-4-5-14-35-26(33)20-8-10-22(11-9-20)30-18(2)15-21(19(30)3)16-23-25(32)29(27(34)36-23)17-24(31)28-12-6-7-13-28/h8-11,15-16H,4-7,12-14,17H2,1-3H3/b23-16-. The van der Waals surface area contributed by atoms with Gasteiger partial charge in [0.05, 0.1) is 17.1 Å². The van der Waals surface area contributed by atoms with Crippen molar-refractivity contribution >= 4 is 40.9 Å². The van der Waals surface area contributed by atoms with Gasteiger partial charge in [0.25, 0.3) is 11.1 Å². The maximum atomic E-state index is 12.9. The van der Waals surface area contributed by atoms with E-state index in [1.54, 1.807) is 23.1 Å². The molecule has 3 heterocycles. The molecule has 2 saturated heterocycles. The van der Waals surface area contributed by atoms with Gasteiger partial charge in [-0.25, -0.2) is 4.79 Å². The average molecular weight is 510 g/mol. The van der Waals surface area contributed by atoms with E-state index in [9.17, 15) is 19.2 Å². The minimum absolute atomic E-state index is 0.188. The fourth-order valence-corrected chi connectivity index (χ4v) is 5.28. The molecule has 0 saturated carbocycles. The molecule has 0 atom stereocenters. The minimum Gasteiger partial charge on any atom is -0.462 e. The Labute approximate surface area is 215 Å². The van der Waals surface area contributed by atoms with Crippen LogP contribution < -0.4 is 0 Å². The van der Waals surface area contributed by atoms with Gasteiger partial charge >= 0.3 is 5.97 Å². The van der Waals surface area contributed by atoms with Crippen LogP contribution >= 0.6 is 11.8 Å². The van der Waals surface area contributed by atoms with Crippen molar-refractivity contribution in [3.05, 3.63) is 57.8 Å². The zero-order chi connectivity index (χ0) is 25.8. The molecule has 8 nitrogen and oxygen atoms in total. The Hall–Kier alpha value is -3.33.